The first-order valence-electron chi connectivity index (χ1n) is 7.62. The van der Waals surface area contributed by atoms with Crippen LogP contribution in [-0.4, -0.2) is 19.9 Å². The van der Waals surface area contributed by atoms with Crippen molar-refractivity contribution in [2.45, 2.75) is 44.9 Å². The molecule has 1 N–H and O–H groups in total. The van der Waals surface area contributed by atoms with Crippen molar-refractivity contribution in [3.63, 3.8) is 0 Å². The van der Waals surface area contributed by atoms with Crippen LogP contribution >= 0.6 is 12.2 Å². The summed E-state index contributed by atoms with van der Waals surface area (Å²) in [5.74, 6) is 0. The molecular weight excluding hydrogens is 280 g/mol. The number of aliphatic hydroxyl groups excluding tert-OH is 1. The monoisotopic (exact) mass is 300 g/mol. The van der Waals surface area contributed by atoms with E-state index in [4.69, 9.17) is 22.4 Å². The molecule has 1 heterocycles. The van der Waals surface area contributed by atoms with Crippen LogP contribution in [0, 0.1) is 0 Å². The second kappa shape index (κ2) is 6.39. The van der Waals surface area contributed by atoms with Gasteiger partial charge >= 0.3 is 0 Å². The number of aryl methyl sites for hydroxylation is 1. The Morgan fingerprint density at radius 3 is 2.71 bits per heavy atom. The van der Waals surface area contributed by atoms with Crippen LogP contribution in [0.25, 0.3) is 5.69 Å². The van der Waals surface area contributed by atoms with Gasteiger partial charge in [-0.25, -0.2) is 4.68 Å². The molecule has 1 aliphatic carbocycles. The summed E-state index contributed by atoms with van der Waals surface area (Å²) in [7, 11) is 0. The SMILES string of the molecule is OC(=S)CCCc1nn(-c2ccccc2)c2c1CCCC2. The van der Waals surface area contributed by atoms with Gasteiger partial charge in [0.25, 0.3) is 0 Å². The molecule has 1 aromatic carbocycles. The fraction of sp³-hybridized carbons (Fsp3) is 0.412. The minimum absolute atomic E-state index is 0.103. The second-order valence-corrected chi connectivity index (χ2v) is 6.04. The Morgan fingerprint density at radius 1 is 1.19 bits per heavy atom. The van der Waals surface area contributed by atoms with Gasteiger partial charge in [0.2, 0.25) is 0 Å². The molecule has 0 bridgehead atoms. The van der Waals surface area contributed by atoms with Crippen molar-refractivity contribution in [3.8, 4) is 5.69 Å². The molecule has 0 saturated heterocycles. The van der Waals surface area contributed by atoms with Crippen molar-refractivity contribution >= 4 is 17.3 Å². The molecule has 4 heteroatoms. The van der Waals surface area contributed by atoms with Gasteiger partial charge in [-0.1, -0.05) is 18.2 Å². The fourth-order valence-corrected chi connectivity index (χ4v) is 3.21. The van der Waals surface area contributed by atoms with E-state index in [1.807, 2.05) is 6.07 Å². The van der Waals surface area contributed by atoms with Gasteiger partial charge in [-0.3, -0.25) is 0 Å². The van der Waals surface area contributed by atoms with E-state index in [1.165, 1.54) is 29.8 Å². The van der Waals surface area contributed by atoms with Crippen LogP contribution in [0.2, 0.25) is 0 Å². The average Bonchev–Trinajstić information content (AvgIpc) is 2.87. The fourth-order valence-electron chi connectivity index (χ4n) is 3.07. The van der Waals surface area contributed by atoms with Crippen molar-refractivity contribution in [3.05, 3.63) is 47.3 Å². The molecule has 3 nitrogen and oxygen atoms in total. The van der Waals surface area contributed by atoms with E-state index in [2.05, 4.69) is 28.9 Å². The molecule has 21 heavy (non-hydrogen) atoms. The summed E-state index contributed by atoms with van der Waals surface area (Å²) in [5.41, 5.74) is 5.12. The van der Waals surface area contributed by atoms with Crippen molar-refractivity contribution < 1.29 is 5.11 Å². The quantitative estimate of drug-likeness (QED) is 0.849. The van der Waals surface area contributed by atoms with Crippen LogP contribution in [0.3, 0.4) is 0 Å². The lowest BCUT2D eigenvalue weighted by molar-refractivity contribution is 0.542. The summed E-state index contributed by atoms with van der Waals surface area (Å²) in [5, 5.41) is 14.1. The Hall–Kier alpha value is -1.68. The van der Waals surface area contributed by atoms with Gasteiger partial charge < -0.3 is 5.11 Å². The molecule has 0 aliphatic heterocycles. The molecule has 2 aromatic rings. The standard InChI is InChI=1S/C17H20N2OS/c20-17(21)12-6-10-15-14-9-4-5-11-16(14)19(18-15)13-7-2-1-3-8-13/h1-3,7-8H,4-6,9-12H2,(H,20,21). The summed E-state index contributed by atoms with van der Waals surface area (Å²) in [6, 6.07) is 10.3. The molecule has 0 amide bonds. The van der Waals surface area contributed by atoms with Crippen LogP contribution in [0.1, 0.15) is 42.6 Å². The van der Waals surface area contributed by atoms with E-state index in [-0.39, 0.29) is 5.05 Å². The highest BCUT2D eigenvalue weighted by Gasteiger charge is 2.21. The number of benzene rings is 1. The maximum atomic E-state index is 9.16. The first kappa shape index (κ1) is 14.3. The van der Waals surface area contributed by atoms with E-state index in [9.17, 15) is 0 Å². The molecule has 3 rings (SSSR count). The number of fused-ring (bicyclic) bond motifs is 1. The zero-order chi connectivity index (χ0) is 14.7. The molecule has 110 valence electrons. The molecule has 1 aromatic heterocycles. The van der Waals surface area contributed by atoms with Crippen molar-refractivity contribution in [2.75, 3.05) is 0 Å². The number of aromatic nitrogens is 2. The highest BCUT2D eigenvalue weighted by Crippen LogP contribution is 2.27. The average molecular weight is 300 g/mol. The number of hydrogen-bond donors (Lipinski definition) is 1. The summed E-state index contributed by atoms with van der Waals surface area (Å²) >= 11 is 4.74. The minimum Gasteiger partial charge on any atom is -0.502 e. The molecule has 0 atom stereocenters. The Bertz CT molecular complexity index is 634. The Labute approximate surface area is 130 Å². The Morgan fingerprint density at radius 2 is 1.95 bits per heavy atom. The number of rotatable bonds is 5. The largest absolute Gasteiger partial charge is 0.502 e. The van der Waals surface area contributed by atoms with Crippen LogP contribution < -0.4 is 0 Å². The predicted molar refractivity (Wildman–Crippen MR) is 88.4 cm³/mol. The zero-order valence-electron chi connectivity index (χ0n) is 12.1. The highest BCUT2D eigenvalue weighted by atomic mass is 32.1. The number of nitrogens with zero attached hydrogens (tertiary/aromatic N) is 2. The van der Waals surface area contributed by atoms with Gasteiger partial charge in [0.15, 0.2) is 5.05 Å². The molecule has 1 aliphatic rings. The van der Waals surface area contributed by atoms with Gasteiger partial charge in [0, 0.05) is 12.1 Å². The number of hydrogen-bond acceptors (Lipinski definition) is 2. The molecule has 0 spiro atoms. The zero-order valence-corrected chi connectivity index (χ0v) is 12.9. The van der Waals surface area contributed by atoms with Crippen molar-refractivity contribution in [1.29, 1.82) is 0 Å². The molecular formula is C17H20N2OS. The van der Waals surface area contributed by atoms with Gasteiger partial charge in [-0.2, -0.15) is 5.10 Å². The van der Waals surface area contributed by atoms with Crippen LogP contribution in [-0.2, 0) is 19.3 Å². The van der Waals surface area contributed by atoms with E-state index >= 15 is 0 Å². The third-order valence-electron chi connectivity index (χ3n) is 4.07. The molecule has 0 saturated carbocycles. The van der Waals surface area contributed by atoms with Gasteiger partial charge in [-0.05, 0) is 68.4 Å². The topological polar surface area (TPSA) is 38.1 Å². The van der Waals surface area contributed by atoms with Gasteiger partial charge in [0.05, 0.1) is 11.4 Å². The minimum atomic E-state index is 0.103. The first-order chi connectivity index (χ1) is 10.3. The number of para-hydroxylation sites is 1. The van der Waals surface area contributed by atoms with E-state index in [0.717, 1.165) is 31.4 Å². The maximum absolute atomic E-state index is 9.16. The predicted octanol–water partition coefficient (Wildman–Crippen LogP) is 3.96. The summed E-state index contributed by atoms with van der Waals surface area (Å²) in [4.78, 5) is 0. The summed E-state index contributed by atoms with van der Waals surface area (Å²) < 4.78 is 2.11. The highest BCUT2D eigenvalue weighted by molar-refractivity contribution is 7.80. The van der Waals surface area contributed by atoms with Crippen molar-refractivity contribution in [2.24, 2.45) is 0 Å². The van der Waals surface area contributed by atoms with Crippen LogP contribution in [0.15, 0.2) is 30.3 Å². The number of aliphatic hydroxyl groups is 1. The lowest BCUT2D eigenvalue weighted by Crippen LogP contribution is -2.07. The third kappa shape index (κ3) is 3.16. The van der Waals surface area contributed by atoms with E-state index in [0.29, 0.717) is 6.42 Å². The second-order valence-electron chi connectivity index (χ2n) is 5.57. The lowest BCUT2D eigenvalue weighted by atomic mass is 9.94. The Balaban J connectivity index is 1.91. The maximum Gasteiger partial charge on any atom is 0.156 e. The van der Waals surface area contributed by atoms with Crippen LogP contribution in [0.4, 0.5) is 0 Å². The molecule has 0 fully saturated rings. The molecule has 0 radical (unpaired) electrons. The summed E-state index contributed by atoms with van der Waals surface area (Å²) in [6.45, 7) is 0. The smallest absolute Gasteiger partial charge is 0.156 e. The lowest BCUT2D eigenvalue weighted by Gasteiger charge is -2.14. The molecule has 0 unspecified atom stereocenters. The Kier molecular flexibility index (Phi) is 4.34. The van der Waals surface area contributed by atoms with Gasteiger partial charge in [-0.15, -0.1) is 0 Å². The van der Waals surface area contributed by atoms with Crippen molar-refractivity contribution in [1.82, 2.24) is 9.78 Å². The van der Waals surface area contributed by atoms with Crippen LogP contribution in [0.5, 0.6) is 0 Å². The van der Waals surface area contributed by atoms with E-state index < -0.39 is 0 Å². The van der Waals surface area contributed by atoms with E-state index in [1.54, 1.807) is 0 Å². The summed E-state index contributed by atoms with van der Waals surface area (Å²) in [6.07, 6.45) is 7.07. The normalized spacial score (nSPS) is 13.9. The third-order valence-corrected chi connectivity index (χ3v) is 4.27. The first-order valence-corrected chi connectivity index (χ1v) is 8.03. The number of thiocarbonyl (C=S) groups is 1. The van der Waals surface area contributed by atoms with Gasteiger partial charge in [0.1, 0.15) is 0 Å².